The highest BCUT2D eigenvalue weighted by Gasteiger charge is 2.30. The number of anilines is 1. The minimum Gasteiger partial charge on any atom is -0.507 e. The first-order valence-corrected chi connectivity index (χ1v) is 8.67. The molecule has 27 heavy (non-hydrogen) atoms. The van der Waals surface area contributed by atoms with Crippen LogP contribution in [-0.2, 0) is 0 Å². The van der Waals surface area contributed by atoms with Crippen LogP contribution in [0.4, 0.5) is 5.69 Å². The molecule has 0 amide bonds. The fourth-order valence-electron chi connectivity index (χ4n) is 3.33. The maximum Gasteiger partial charge on any atom is 0.339 e. The van der Waals surface area contributed by atoms with Gasteiger partial charge >= 0.3 is 5.97 Å². The van der Waals surface area contributed by atoms with Crippen molar-refractivity contribution in [2.24, 2.45) is 5.10 Å². The third-order valence-corrected chi connectivity index (χ3v) is 4.67. The van der Waals surface area contributed by atoms with Gasteiger partial charge in [0.05, 0.1) is 17.4 Å². The lowest BCUT2D eigenvalue weighted by atomic mass is 9.96. The van der Waals surface area contributed by atoms with Gasteiger partial charge in [0.2, 0.25) is 0 Å². The number of benzene rings is 3. The number of carboxylic acids is 1. The molecule has 3 aromatic carbocycles. The SMILES string of the molecule is O=C(O)c1cc(C2CC(c3ccccc3)=NN2c2ccccc2)ccc1O. The summed E-state index contributed by atoms with van der Waals surface area (Å²) in [4.78, 5) is 11.4. The smallest absolute Gasteiger partial charge is 0.339 e. The van der Waals surface area contributed by atoms with Crippen LogP contribution >= 0.6 is 0 Å². The van der Waals surface area contributed by atoms with E-state index in [0.717, 1.165) is 22.5 Å². The Morgan fingerprint density at radius 3 is 2.30 bits per heavy atom. The van der Waals surface area contributed by atoms with Crippen molar-refractivity contribution in [1.29, 1.82) is 0 Å². The van der Waals surface area contributed by atoms with Crippen molar-refractivity contribution in [3.8, 4) is 5.75 Å². The summed E-state index contributed by atoms with van der Waals surface area (Å²) in [5.74, 6) is -1.39. The number of hydrazone groups is 1. The number of nitrogens with zero attached hydrogens (tertiary/aromatic N) is 2. The monoisotopic (exact) mass is 358 g/mol. The molecular weight excluding hydrogens is 340 g/mol. The second kappa shape index (κ2) is 6.96. The fraction of sp³-hybridized carbons (Fsp3) is 0.0909. The predicted molar refractivity (Wildman–Crippen MR) is 104 cm³/mol. The molecule has 1 aliphatic rings. The van der Waals surface area contributed by atoms with Crippen LogP contribution in [-0.4, -0.2) is 21.9 Å². The van der Waals surface area contributed by atoms with Gasteiger partial charge in [0.15, 0.2) is 0 Å². The number of aromatic hydroxyl groups is 1. The quantitative estimate of drug-likeness (QED) is 0.723. The van der Waals surface area contributed by atoms with Crippen LogP contribution in [0, 0.1) is 0 Å². The Morgan fingerprint density at radius 1 is 0.963 bits per heavy atom. The summed E-state index contributed by atoms with van der Waals surface area (Å²) in [6.07, 6.45) is 0.642. The van der Waals surface area contributed by atoms with Crippen molar-refractivity contribution in [3.05, 3.63) is 95.6 Å². The van der Waals surface area contributed by atoms with Crippen LogP contribution in [0.25, 0.3) is 0 Å². The Hall–Kier alpha value is -3.60. The number of rotatable bonds is 4. The van der Waals surface area contributed by atoms with Gasteiger partial charge in [-0.25, -0.2) is 4.79 Å². The van der Waals surface area contributed by atoms with Gasteiger partial charge < -0.3 is 10.2 Å². The summed E-state index contributed by atoms with van der Waals surface area (Å²) < 4.78 is 0. The van der Waals surface area contributed by atoms with Gasteiger partial charge in [-0.05, 0) is 35.4 Å². The molecule has 3 aromatic rings. The predicted octanol–water partition coefficient (Wildman–Crippen LogP) is 4.45. The molecule has 0 radical (unpaired) electrons. The Morgan fingerprint density at radius 2 is 1.63 bits per heavy atom. The molecule has 1 heterocycles. The van der Waals surface area contributed by atoms with Gasteiger partial charge in [-0.3, -0.25) is 5.01 Å². The lowest BCUT2D eigenvalue weighted by molar-refractivity contribution is 0.0693. The molecule has 0 saturated carbocycles. The minimum absolute atomic E-state index is 0.103. The molecule has 5 heteroatoms. The lowest BCUT2D eigenvalue weighted by Gasteiger charge is -2.24. The highest BCUT2D eigenvalue weighted by molar-refractivity contribution is 6.03. The first kappa shape index (κ1) is 16.8. The molecule has 134 valence electrons. The Labute approximate surface area is 156 Å². The van der Waals surface area contributed by atoms with Crippen LogP contribution in [0.15, 0.2) is 84.0 Å². The molecular formula is C22H18N2O3. The molecule has 1 unspecified atom stereocenters. The van der Waals surface area contributed by atoms with Gasteiger partial charge in [0.25, 0.3) is 0 Å². The third-order valence-electron chi connectivity index (χ3n) is 4.67. The number of para-hydroxylation sites is 1. The van der Waals surface area contributed by atoms with Gasteiger partial charge in [0, 0.05) is 6.42 Å². The van der Waals surface area contributed by atoms with E-state index in [1.165, 1.54) is 12.1 Å². The number of carbonyl (C=O) groups is 1. The molecule has 0 aliphatic carbocycles. The van der Waals surface area contributed by atoms with Crippen molar-refractivity contribution in [3.63, 3.8) is 0 Å². The first-order valence-electron chi connectivity index (χ1n) is 8.67. The second-order valence-corrected chi connectivity index (χ2v) is 6.39. The van der Waals surface area contributed by atoms with Gasteiger partial charge in [-0.2, -0.15) is 5.10 Å². The summed E-state index contributed by atoms with van der Waals surface area (Å²) in [6.45, 7) is 0. The maximum absolute atomic E-state index is 11.4. The number of hydrogen-bond donors (Lipinski definition) is 2. The van der Waals surface area contributed by atoms with Gasteiger partial charge in [-0.1, -0.05) is 54.6 Å². The molecule has 1 atom stereocenters. The summed E-state index contributed by atoms with van der Waals surface area (Å²) in [5.41, 5.74) is 3.60. The van der Waals surface area contributed by atoms with E-state index in [1.807, 2.05) is 65.7 Å². The number of hydrogen-bond acceptors (Lipinski definition) is 4. The van der Waals surface area contributed by atoms with Crippen LogP contribution in [0.2, 0.25) is 0 Å². The average molecular weight is 358 g/mol. The molecule has 0 fully saturated rings. The molecule has 5 nitrogen and oxygen atoms in total. The van der Waals surface area contributed by atoms with Crippen molar-refractivity contribution in [2.75, 3.05) is 5.01 Å². The van der Waals surface area contributed by atoms with E-state index in [9.17, 15) is 15.0 Å². The number of carboxylic acid groups (broad SMARTS) is 1. The lowest BCUT2D eigenvalue weighted by Crippen LogP contribution is -2.18. The van der Waals surface area contributed by atoms with Crippen LogP contribution in [0.5, 0.6) is 5.75 Å². The Balaban J connectivity index is 1.77. The van der Waals surface area contributed by atoms with Crippen molar-refractivity contribution in [1.82, 2.24) is 0 Å². The fourth-order valence-corrected chi connectivity index (χ4v) is 3.33. The largest absolute Gasteiger partial charge is 0.507 e. The van der Waals surface area contributed by atoms with E-state index in [0.29, 0.717) is 6.42 Å². The molecule has 1 aliphatic heterocycles. The zero-order chi connectivity index (χ0) is 18.8. The van der Waals surface area contributed by atoms with E-state index >= 15 is 0 Å². The van der Waals surface area contributed by atoms with Gasteiger partial charge in [0.1, 0.15) is 11.3 Å². The van der Waals surface area contributed by atoms with E-state index in [2.05, 4.69) is 0 Å². The molecule has 2 N–H and O–H groups in total. The van der Waals surface area contributed by atoms with Crippen LogP contribution in [0.1, 0.15) is 33.9 Å². The van der Waals surface area contributed by atoms with Crippen molar-refractivity contribution in [2.45, 2.75) is 12.5 Å². The van der Waals surface area contributed by atoms with E-state index < -0.39 is 5.97 Å². The standard InChI is InChI=1S/C22H18N2O3/c25-21-12-11-16(13-18(21)22(26)27)20-14-19(15-7-3-1-4-8-15)23-24(20)17-9-5-2-6-10-17/h1-13,20,25H,14H2,(H,26,27). The molecule has 0 saturated heterocycles. The zero-order valence-electron chi connectivity index (χ0n) is 14.5. The Bertz CT molecular complexity index is 1000. The van der Waals surface area contributed by atoms with Crippen molar-refractivity contribution >= 4 is 17.4 Å². The summed E-state index contributed by atoms with van der Waals surface area (Å²) in [5, 5.41) is 25.9. The van der Waals surface area contributed by atoms with E-state index in [-0.39, 0.29) is 17.4 Å². The van der Waals surface area contributed by atoms with Gasteiger partial charge in [-0.15, -0.1) is 0 Å². The maximum atomic E-state index is 11.4. The molecule has 0 aromatic heterocycles. The zero-order valence-corrected chi connectivity index (χ0v) is 14.5. The third kappa shape index (κ3) is 3.27. The van der Waals surface area contributed by atoms with E-state index in [1.54, 1.807) is 6.07 Å². The average Bonchev–Trinajstić information content (AvgIpc) is 3.15. The number of aromatic carboxylic acids is 1. The molecule has 0 bridgehead atoms. The van der Waals surface area contributed by atoms with Crippen LogP contribution in [0.3, 0.4) is 0 Å². The normalized spacial score (nSPS) is 16.2. The Kier molecular flexibility index (Phi) is 4.34. The number of phenols is 1. The minimum atomic E-state index is -1.15. The van der Waals surface area contributed by atoms with Crippen LogP contribution < -0.4 is 5.01 Å². The molecule has 0 spiro atoms. The summed E-state index contributed by atoms with van der Waals surface area (Å²) in [6, 6.07) is 24.3. The first-order chi connectivity index (χ1) is 13.1. The van der Waals surface area contributed by atoms with Crippen molar-refractivity contribution < 1.29 is 15.0 Å². The highest BCUT2D eigenvalue weighted by atomic mass is 16.4. The summed E-state index contributed by atoms with van der Waals surface area (Å²) >= 11 is 0. The van der Waals surface area contributed by atoms with E-state index in [4.69, 9.17) is 5.10 Å². The second-order valence-electron chi connectivity index (χ2n) is 6.39. The molecule has 4 rings (SSSR count). The topological polar surface area (TPSA) is 73.1 Å². The highest BCUT2D eigenvalue weighted by Crippen LogP contribution is 2.37. The summed E-state index contributed by atoms with van der Waals surface area (Å²) in [7, 11) is 0.